The zero-order valence-electron chi connectivity index (χ0n) is 13.4. The maximum Gasteiger partial charge on any atom is 0.355 e. The van der Waals surface area contributed by atoms with Gasteiger partial charge in [-0.05, 0) is 18.4 Å². The predicted octanol–water partition coefficient (Wildman–Crippen LogP) is 1.22. The van der Waals surface area contributed by atoms with Crippen LogP contribution in [0.25, 0.3) is 10.8 Å². The average Bonchev–Trinajstić information content (AvgIpc) is 3.16. The zero-order valence-corrected chi connectivity index (χ0v) is 13.4. The smallest absolute Gasteiger partial charge is 0.355 e. The monoisotopic (exact) mass is 337 g/mol. The molecule has 2 amide bonds. The maximum atomic E-state index is 12.9. The fraction of sp³-hybridized carbons (Fsp3) is 0.222. The highest BCUT2D eigenvalue weighted by molar-refractivity contribution is 6.47. The van der Waals surface area contributed by atoms with Crippen LogP contribution in [0.1, 0.15) is 6.92 Å². The van der Waals surface area contributed by atoms with Gasteiger partial charge in [0.05, 0.1) is 12.3 Å². The van der Waals surface area contributed by atoms with Crippen molar-refractivity contribution < 1.29 is 19.1 Å². The van der Waals surface area contributed by atoms with E-state index in [4.69, 9.17) is 4.74 Å². The largest absolute Gasteiger partial charge is 0.461 e. The van der Waals surface area contributed by atoms with Gasteiger partial charge in [-0.2, -0.15) is 5.10 Å². The molecule has 0 unspecified atom stereocenters. The Morgan fingerprint density at radius 2 is 1.92 bits per heavy atom. The van der Waals surface area contributed by atoms with Crippen molar-refractivity contribution in [3.05, 3.63) is 42.5 Å². The van der Waals surface area contributed by atoms with E-state index in [0.29, 0.717) is 5.69 Å². The lowest BCUT2D eigenvalue weighted by molar-refractivity contribution is -0.136. The average molecular weight is 337 g/mol. The van der Waals surface area contributed by atoms with E-state index in [1.807, 2.05) is 30.3 Å². The summed E-state index contributed by atoms with van der Waals surface area (Å²) in [5.74, 6) is -2.52. The second-order valence-electron chi connectivity index (χ2n) is 5.81. The van der Waals surface area contributed by atoms with Crippen LogP contribution in [0.15, 0.2) is 47.6 Å². The number of carbonyl (C=O) groups is 3. The number of esters is 1. The van der Waals surface area contributed by atoms with Gasteiger partial charge in [0, 0.05) is 5.39 Å². The van der Waals surface area contributed by atoms with Crippen molar-refractivity contribution in [3.8, 4) is 0 Å². The third-order valence-electron chi connectivity index (χ3n) is 4.42. The normalized spacial score (nSPS) is 22.0. The molecular formula is C18H15N3O4. The lowest BCUT2D eigenvalue weighted by atomic mass is 9.99. The minimum Gasteiger partial charge on any atom is -0.461 e. The number of rotatable bonds is 3. The number of benzene rings is 2. The van der Waals surface area contributed by atoms with Crippen molar-refractivity contribution in [2.45, 2.75) is 13.0 Å². The van der Waals surface area contributed by atoms with E-state index >= 15 is 0 Å². The summed E-state index contributed by atoms with van der Waals surface area (Å²) in [6.07, 6.45) is 0. The first-order chi connectivity index (χ1) is 12.1. The van der Waals surface area contributed by atoms with E-state index in [2.05, 4.69) is 10.5 Å². The van der Waals surface area contributed by atoms with Crippen LogP contribution in [0.4, 0.5) is 5.69 Å². The highest BCUT2D eigenvalue weighted by Gasteiger charge is 2.55. The summed E-state index contributed by atoms with van der Waals surface area (Å²) in [7, 11) is 0. The van der Waals surface area contributed by atoms with Gasteiger partial charge < -0.3 is 4.74 Å². The molecule has 126 valence electrons. The highest BCUT2D eigenvalue weighted by Crippen LogP contribution is 2.34. The van der Waals surface area contributed by atoms with Gasteiger partial charge in [-0.15, -0.1) is 0 Å². The van der Waals surface area contributed by atoms with Crippen LogP contribution in [0.3, 0.4) is 0 Å². The first-order valence-electron chi connectivity index (χ1n) is 7.99. The van der Waals surface area contributed by atoms with Crippen molar-refractivity contribution in [2.75, 3.05) is 11.5 Å². The Morgan fingerprint density at radius 3 is 2.72 bits per heavy atom. The molecule has 2 heterocycles. The van der Waals surface area contributed by atoms with E-state index < -0.39 is 29.7 Å². The van der Waals surface area contributed by atoms with E-state index in [1.165, 1.54) is 0 Å². The molecule has 2 atom stereocenters. The molecule has 7 heteroatoms. The van der Waals surface area contributed by atoms with Gasteiger partial charge in [-0.25, -0.2) is 9.69 Å². The van der Waals surface area contributed by atoms with Gasteiger partial charge in [0.25, 0.3) is 5.91 Å². The third-order valence-corrected chi connectivity index (χ3v) is 4.42. The van der Waals surface area contributed by atoms with Crippen LogP contribution in [-0.2, 0) is 19.1 Å². The number of ether oxygens (including phenoxy) is 1. The first-order valence-corrected chi connectivity index (χ1v) is 7.99. The number of anilines is 1. The molecule has 25 heavy (non-hydrogen) atoms. The van der Waals surface area contributed by atoms with Crippen LogP contribution in [0.2, 0.25) is 0 Å². The zero-order chi connectivity index (χ0) is 17.6. The summed E-state index contributed by atoms with van der Waals surface area (Å²) < 4.78 is 4.94. The quantitative estimate of drug-likeness (QED) is 0.672. The standard InChI is InChI=1S/C18H15N3O4/c1-2-25-18(24)15-13-14(19-20-15)17(23)21(16(13)22)12-9-5-7-10-6-3-4-8-11(10)12/h3-9,13-14,19H,2H2,1H3/t13-,14+/m0/s1. The molecule has 0 spiro atoms. The lowest BCUT2D eigenvalue weighted by Gasteiger charge is -2.18. The summed E-state index contributed by atoms with van der Waals surface area (Å²) >= 11 is 0. The molecule has 0 aliphatic carbocycles. The van der Waals surface area contributed by atoms with E-state index in [-0.39, 0.29) is 12.3 Å². The molecular weight excluding hydrogens is 322 g/mol. The summed E-state index contributed by atoms with van der Waals surface area (Å²) in [6, 6.07) is 12.1. The summed E-state index contributed by atoms with van der Waals surface area (Å²) in [5.41, 5.74) is 3.07. The van der Waals surface area contributed by atoms with Crippen molar-refractivity contribution in [1.29, 1.82) is 0 Å². The number of nitrogens with one attached hydrogen (secondary N) is 1. The summed E-state index contributed by atoms with van der Waals surface area (Å²) in [4.78, 5) is 38.9. The highest BCUT2D eigenvalue weighted by atomic mass is 16.5. The number of amides is 2. The van der Waals surface area contributed by atoms with E-state index in [1.54, 1.807) is 19.1 Å². The minimum absolute atomic E-state index is 0.0482. The van der Waals surface area contributed by atoms with Crippen molar-refractivity contribution in [3.63, 3.8) is 0 Å². The van der Waals surface area contributed by atoms with Gasteiger partial charge in [-0.1, -0.05) is 36.4 Å². The van der Waals surface area contributed by atoms with E-state index in [9.17, 15) is 14.4 Å². The molecule has 2 aliphatic heterocycles. The molecule has 4 rings (SSSR count). The van der Waals surface area contributed by atoms with Crippen LogP contribution >= 0.6 is 0 Å². The minimum atomic E-state index is -0.953. The first kappa shape index (κ1) is 15.3. The molecule has 2 aliphatic rings. The molecule has 1 saturated heterocycles. The Bertz CT molecular complexity index is 932. The summed E-state index contributed by atoms with van der Waals surface area (Å²) in [6.45, 7) is 1.84. The molecule has 1 N–H and O–H groups in total. The van der Waals surface area contributed by atoms with Crippen molar-refractivity contribution in [2.24, 2.45) is 11.0 Å². The lowest BCUT2D eigenvalue weighted by Crippen LogP contribution is -2.36. The maximum absolute atomic E-state index is 12.9. The predicted molar refractivity (Wildman–Crippen MR) is 90.9 cm³/mol. The topological polar surface area (TPSA) is 88.1 Å². The Balaban J connectivity index is 1.76. The second-order valence-corrected chi connectivity index (χ2v) is 5.81. The van der Waals surface area contributed by atoms with Crippen molar-refractivity contribution in [1.82, 2.24) is 5.43 Å². The molecule has 2 aromatic rings. The molecule has 0 saturated carbocycles. The van der Waals surface area contributed by atoms with Gasteiger partial charge in [-0.3, -0.25) is 15.0 Å². The van der Waals surface area contributed by atoms with Gasteiger partial charge in [0.2, 0.25) is 5.91 Å². The number of hydrazone groups is 1. The number of hydrogen-bond donors (Lipinski definition) is 1. The fourth-order valence-electron chi connectivity index (χ4n) is 3.30. The molecule has 0 bridgehead atoms. The Morgan fingerprint density at radius 1 is 1.16 bits per heavy atom. The summed E-state index contributed by atoms with van der Waals surface area (Å²) in [5, 5.41) is 5.57. The van der Waals surface area contributed by atoms with Crippen LogP contribution in [0.5, 0.6) is 0 Å². The van der Waals surface area contributed by atoms with Crippen molar-refractivity contribution >= 4 is 40.0 Å². The van der Waals surface area contributed by atoms with Gasteiger partial charge in [0.15, 0.2) is 5.71 Å². The number of nitrogens with zero attached hydrogens (tertiary/aromatic N) is 2. The number of carbonyl (C=O) groups excluding carboxylic acids is 3. The Labute approximate surface area is 143 Å². The molecule has 1 fully saturated rings. The molecule has 0 aromatic heterocycles. The molecule has 2 aromatic carbocycles. The van der Waals surface area contributed by atoms with Gasteiger partial charge in [0.1, 0.15) is 12.0 Å². The van der Waals surface area contributed by atoms with Crippen LogP contribution in [0, 0.1) is 5.92 Å². The molecule has 0 radical (unpaired) electrons. The Kier molecular flexibility index (Phi) is 3.49. The Hall–Kier alpha value is -3.22. The van der Waals surface area contributed by atoms with E-state index in [0.717, 1.165) is 15.7 Å². The molecule has 7 nitrogen and oxygen atoms in total. The third kappa shape index (κ3) is 2.20. The second kappa shape index (κ2) is 5.70. The van der Waals surface area contributed by atoms with Crippen LogP contribution < -0.4 is 10.3 Å². The number of hydrogen-bond acceptors (Lipinski definition) is 6. The fourth-order valence-corrected chi connectivity index (χ4v) is 3.30. The number of fused-ring (bicyclic) bond motifs is 2. The number of imide groups is 1. The van der Waals surface area contributed by atoms with Crippen LogP contribution in [-0.4, -0.2) is 36.1 Å². The van der Waals surface area contributed by atoms with Gasteiger partial charge >= 0.3 is 5.97 Å². The SMILES string of the molecule is CCOC(=O)C1=NN[C@H]2C(=O)N(c3cccc4ccccc34)C(=O)[C@H]12.